The van der Waals surface area contributed by atoms with Gasteiger partial charge in [0.15, 0.2) is 0 Å². The largest absolute Gasteiger partial charge is 0.488 e. The molecule has 1 N–H and O–H groups in total. The minimum Gasteiger partial charge on any atom is -0.488 e. The lowest BCUT2D eigenvalue weighted by Crippen LogP contribution is -2.25. The van der Waals surface area contributed by atoms with Gasteiger partial charge < -0.3 is 10.1 Å². The number of benzene rings is 3. The lowest BCUT2D eigenvalue weighted by atomic mass is 10.1. The fraction of sp³-hybridized carbons (Fsp3) is 0.148. The van der Waals surface area contributed by atoms with Crippen LogP contribution >= 0.6 is 15.9 Å². The highest BCUT2D eigenvalue weighted by atomic mass is 79.9. The molecule has 0 saturated heterocycles. The second-order valence-corrected chi connectivity index (χ2v) is 8.17. The van der Waals surface area contributed by atoms with Crippen LogP contribution in [-0.4, -0.2) is 12.5 Å². The molecular weight excluding hydrogens is 478 g/mol. The molecule has 0 radical (unpaired) electrons. The number of carbonyl (C=O) groups excluding carboxylic acids is 1. The van der Waals surface area contributed by atoms with E-state index in [1.54, 1.807) is 24.3 Å². The highest BCUT2D eigenvalue weighted by Gasteiger charge is 2.12. The Hall–Kier alpha value is -3.87. The van der Waals surface area contributed by atoms with Crippen molar-refractivity contribution in [1.29, 1.82) is 10.5 Å². The van der Waals surface area contributed by atoms with Crippen LogP contribution in [0.15, 0.2) is 82.8 Å². The minimum atomic E-state index is -0.425. The Morgan fingerprint density at radius 1 is 1.03 bits per heavy atom. The Bertz CT molecular complexity index is 1220. The van der Waals surface area contributed by atoms with Crippen LogP contribution in [-0.2, 0) is 17.8 Å². The number of nitrogens with zero attached hydrogens (tertiary/aromatic N) is 2. The zero-order chi connectivity index (χ0) is 23.5. The minimum absolute atomic E-state index is 0.00455. The number of nitrogens with one attached hydrogen (secondary N) is 1. The molecule has 164 valence electrons. The fourth-order valence-corrected chi connectivity index (χ4v) is 3.59. The molecule has 6 heteroatoms. The first kappa shape index (κ1) is 23.8. The molecule has 3 rings (SSSR count). The molecule has 0 aliphatic carbocycles. The second kappa shape index (κ2) is 12.2. The number of ether oxygens (including phenoxy) is 1. The third kappa shape index (κ3) is 7.07. The van der Waals surface area contributed by atoms with E-state index in [1.165, 1.54) is 11.6 Å². The molecule has 0 atom stereocenters. The third-order valence-corrected chi connectivity index (χ3v) is 5.42. The Labute approximate surface area is 202 Å². The molecule has 33 heavy (non-hydrogen) atoms. The average molecular weight is 500 g/mol. The molecule has 0 fully saturated rings. The van der Waals surface area contributed by atoms with Crippen LogP contribution in [0.3, 0.4) is 0 Å². The number of amides is 1. The SMILES string of the molecule is N#C/C(=C/c1cc(Br)ccc1OCc1ccccc1C#N)C(=O)NCCCc1ccccc1. The van der Waals surface area contributed by atoms with Gasteiger partial charge in [-0.1, -0.05) is 64.5 Å². The summed E-state index contributed by atoms with van der Waals surface area (Å²) in [7, 11) is 0. The number of aryl methyl sites for hydroxylation is 1. The monoisotopic (exact) mass is 499 g/mol. The summed E-state index contributed by atoms with van der Waals surface area (Å²) in [6.07, 6.45) is 3.14. The van der Waals surface area contributed by atoms with Crippen molar-refractivity contribution in [2.24, 2.45) is 0 Å². The summed E-state index contributed by atoms with van der Waals surface area (Å²) < 4.78 is 6.73. The highest BCUT2D eigenvalue weighted by Crippen LogP contribution is 2.27. The maximum Gasteiger partial charge on any atom is 0.261 e. The van der Waals surface area contributed by atoms with Gasteiger partial charge in [-0.3, -0.25) is 4.79 Å². The number of carbonyl (C=O) groups is 1. The van der Waals surface area contributed by atoms with Crippen LogP contribution in [0.1, 0.15) is 28.7 Å². The molecule has 5 nitrogen and oxygen atoms in total. The standard InChI is InChI=1S/C27H22BrN3O2/c28-25-12-13-26(33-19-22-11-5-4-10-21(22)17-29)23(16-25)15-24(18-30)27(32)31-14-6-9-20-7-2-1-3-8-20/h1-5,7-8,10-13,15-16H,6,9,14,19H2,(H,31,32)/b24-15-. The van der Waals surface area contributed by atoms with Crippen LogP contribution in [0, 0.1) is 22.7 Å². The predicted octanol–water partition coefficient (Wildman–Crippen LogP) is 5.56. The zero-order valence-corrected chi connectivity index (χ0v) is 19.5. The van der Waals surface area contributed by atoms with Crippen molar-refractivity contribution in [3.8, 4) is 17.9 Å². The van der Waals surface area contributed by atoms with Crippen molar-refractivity contribution in [2.45, 2.75) is 19.4 Å². The normalized spacial score (nSPS) is 10.7. The van der Waals surface area contributed by atoms with E-state index in [0.29, 0.717) is 23.4 Å². The maximum atomic E-state index is 12.6. The molecule has 0 aliphatic heterocycles. The first-order chi connectivity index (χ1) is 16.1. The molecule has 0 unspecified atom stereocenters. The van der Waals surface area contributed by atoms with Crippen molar-refractivity contribution < 1.29 is 9.53 Å². The quantitative estimate of drug-likeness (QED) is 0.237. The van der Waals surface area contributed by atoms with Gasteiger partial charge in [-0.25, -0.2) is 0 Å². The molecule has 0 aliphatic rings. The summed E-state index contributed by atoms with van der Waals surface area (Å²) in [5, 5.41) is 21.6. The molecule has 3 aromatic carbocycles. The first-order valence-corrected chi connectivity index (χ1v) is 11.2. The van der Waals surface area contributed by atoms with Gasteiger partial charge in [0.1, 0.15) is 24.0 Å². The van der Waals surface area contributed by atoms with Crippen molar-refractivity contribution in [2.75, 3.05) is 6.54 Å². The summed E-state index contributed by atoms with van der Waals surface area (Å²) in [5.74, 6) is 0.0851. The van der Waals surface area contributed by atoms with E-state index in [9.17, 15) is 15.3 Å². The Morgan fingerprint density at radius 3 is 2.55 bits per heavy atom. The van der Waals surface area contributed by atoms with Gasteiger partial charge in [0.2, 0.25) is 0 Å². The lowest BCUT2D eigenvalue weighted by Gasteiger charge is -2.11. The fourth-order valence-electron chi connectivity index (χ4n) is 3.21. The van der Waals surface area contributed by atoms with Gasteiger partial charge in [0, 0.05) is 22.1 Å². The van der Waals surface area contributed by atoms with E-state index < -0.39 is 5.91 Å². The van der Waals surface area contributed by atoms with Crippen molar-refractivity contribution in [3.63, 3.8) is 0 Å². The number of hydrogen-bond acceptors (Lipinski definition) is 4. The van der Waals surface area contributed by atoms with Crippen LogP contribution in [0.2, 0.25) is 0 Å². The molecule has 0 bridgehead atoms. The zero-order valence-electron chi connectivity index (χ0n) is 17.9. The Kier molecular flexibility index (Phi) is 8.82. The maximum absolute atomic E-state index is 12.6. The van der Waals surface area contributed by atoms with Crippen LogP contribution in [0.4, 0.5) is 0 Å². The van der Waals surface area contributed by atoms with Gasteiger partial charge in [-0.2, -0.15) is 10.5 Å². The van der Waals surface area contributed by atoms with Gasteiger partial charge in [0.05, 0.1) is 11.6 Å². The molecule has 0 heterocycles. The first-order valence-electron chi connectivity index (χ1n) is 10.4. The summed E-state index contributed by atoms with van der Waals surface area (Å²) >= 11 is 3.43. The van der Waals surface area contributed by atoms with Crippen molar-refractivity contribution in [1.82, 2.24) is 5.32 Å². The number of hydrogen-bond donors (Lipinski definition) is 1. The van der Waals surface area contributed by atoms with Gasteiger partial charge >= 0.3 is 0 Å². The summed E-state index contributed by atoms with van der Waals surface area (Å²) in [6, 6.07) is 26.7. The van der Waals surface area contributed by atoms with E-state index in [4.69, 9.17) is 4.74 Å². The third-order valence-electron chi connectivity index (χ3n) is 4.93. The van der Waals surface area contributed by atoms with Crippen molar-refractivity contribution in [3.05, 3.63) is 105 Å². The van der Waals surface area contributed by atoms with E-state index in [-0.39, 0.29) is 12.2 Å². The topological polar surface area (TPSA) is 85.9 Å². The molecule has 1 amide bonds. The smallest absolute Gasteiger partial charge is 0.261 e. The Morgan fingerprint density at radius 2 is 1.79 bits per heavy atom. The van der Waals surface area contributed by atoms with Crippen LogP contribution in [0.5, 0.6) is 5.75 Å². The summed E-state index contributed by atoms with van der Waals surface area (Å²) in [4.78, 5) is 12.6. The van der Waals surface area contributed by atoms with Gasteiger partial charge in [-0.15, -0.1) is 0 Å². The molecule has 0 saturated carbocycles. The van der Waals surface area contributed by atoms with E-state index >= 15 is 0 Å². The van der Waals surface area contributed by atoms with E-state index in [1.807, 2.05) is 54.6 Å². The summed E-state index contributed by atoms with van der Waals surface area (Å²) in [5.41, 5.74) is 3.09. The molecule has 3 aromatic rings. The second-order valence-electron chi connectivity index (χ2n) is 7.25. The number of nitriles is 2. The average Bonchev–Trinajstić information content (AvgIpc) is 2.85. The predicted molar refractivity (Wildman–Crippen MR) is 131 cm³/mol. The van der Waals surface area contributed by atoms with E-state index in [2.05, 4.69) is 27.3 Å². The molecule has 0 spiro atoms. The van der Waals surface area contributed by atoms with Crippen LogP contribution in [0.25, 0.3) is 6.08 Å². The number of halogens is 1. The Balaban J connectivity index is 1.68. The lowest BCUT2D eigenvalue weighted by molar-refractivity contribution is -0.117. The van der Waals surface area contributed by atoms with Gasteiger partial charge in [-0.05, 0) is 48.7 Å². The van der Waals surface area contributed by atoms with Crippen molar-refractivity contribution >= 4 is 27.9 Å². The van der Waals surface area contributed by atoms with Crippen LogP contribution < -0.4 is 10.1 Å². The highest BCUT2D eigenvalue weighted by molar-refractivity contribution is 9.10. The number of rotatable bonds is 9. The molecular formula is C27H22BrN3O2. The van der Waals surface area contributed by atoms with Gasteiger partial charge in [0.25, 0.3) is 5.91 Å². The summed E-state index contributed by atoms with van der Waals surface area (Å²) in [6.45, 7) is 0.666. The molecule has 0 aromatic heterocycles. The van der Waals surface area contributed by atoms with E-state index in [0.717, 1.165) is 22.9 Å².